The standard InChI is InChI=1S/C14H18N2O2/c17-9-7-13(12-4-5-12)16-14(18)6-3-11-2-1-8-15-10-11/h1-3,6,8,10,12-13,17H,4-5,7,9H2,(H,16,18)/b6-3+. The SMILES string of the molecule is O=C(/C=C/c1cccnc1)NC(CCO)C1CC1. The molecule has 2 N–H and O–H groups in total. The summed E-state index contributed by atoms with van der Waals surface area (Å²) in [6.07, 6.45) is 9.60. The third-order valence-electron chi connectivity index (χ3n) is 3.07. The van der Waals surface area contributed by atoms with E-state index < -0.39 is 0 Å². The van der Waals surface area contributed by atoms with E-state index in [0.29, 0.717) is 12.3 Å². The maximum absolute atomic E-state index is 11.7. The minimum Gasteiger partial charge on any atom is -0.396 e. The lowest BCUT2D eigenvalue weighted by atomic mass is 10.1. The van der Waals surface area contributed by atoms with Crippen molar-refractivity contribution in [3.8, 4) is 0 Å². The number of amides is 1. The largest absolute Gasteiger partial charge is 0.396 e. The number of hydrogen-bond acceptors (Lipinski definition) is 3. The van der Waals surface area contributed by atoms with Crippen molar-refractivity contribution in [3.05, 3.63) is 36.2 Å². The number of aliphatic hydroxyl groups is 1. The molecule has 0 aromatic carbocycles. The molecule has 96 valence electrons. The van der Waals surface area contributed by atoms with Gasteiger partial charge < -0.3 is 10.4 Å². The lowest BCUT2D eigenvalue weighted by Gasteiger charge is -2.15. The van der Waals surface area contributed by atoms with Crippen LogP contribution in [0.3, 0.4) is 0 Å². The Kier molecular flexibility index (Phi) is 4.47. The van der Waals surface area contributed by atoms with Crippen molar-refractivity contribution < 1.29 is 9.90 Å². The highest BCUT2D eigenvalue weighted by molar-refractivity contribution is 5.91. The van der Waals surface area contributed by atoms with Crippen LogP contribution in [-0.2, 0) is 4.79 Å². The maximum Gasteiger partial charge on any atom is 0.244 e. The van der Waals surface area contributed by atoms with Gasteiger partial charge in [0.15, 0.2) is 0 Å². The van der Waals surface area contributed by atoms with Gasteiger partial charge in [0.05, 0.1) is 0 Å². The molecule has 1 aromatic rings. The fourth-order valence-electron chi connectivity index (χ4n) is 1.94. The molecule has 0 spiro atoms. The van der Waals surface area contributed by atoms with Crippen LogP contribution in [-0.4, -0.2) is 28.6 Å². The second kappa shape index (κ2) is 6.31. The molecule has 1 amide bonds. The third kappa shape index (κ3) is 3.96. The number of nitrogens with one attached hydrogen (secondary N) is 1. The summed E-state index contributed by atoms with van der Waals surface area (Å²) in [6.45, 7) is 0.119. The van der Waals surface area contributed by atoms with Crippen LogP contribution in [0.4, 0.5) is 0 Å². The average Bonchev–Trinajstić information content (AvgIpc) is 3.21. The van der Waals surface area contributed by atoms with Gasteiger partial charge in [-0.2, -0.15) is 0 Å². The summed E-state index contributed by atoms with van der Waals surface area (Å²) >= 11 is 0. The molecule has 0 saturated heterocycles. The van der Waals surface area contributed by atoms with Gasteiger partial charge >= 0.3 is 0 Å². The Hall–Kier alpha value is -1.68. The summed E-state index contributed by atoms with van der Waals surface area (Å²) in [5, 5.41) is 11.9. The second-order valence-electron chi connectivity index (χ2n) is 4.58. The van der Waals surface area contributed by atoms with Crippen LogP contribution >= 0.6 is 0 Å². The minimum absolute atomic E-state index is 0.107. The minimum atomic E-state index is -0.107. The van der Waals surface area contributed by atoms with E-state index in [0.717, 1.165) is 18.4 Å². The Morgan fingerprint density at radius 3 is 3.06 bits per heavy atom. The first-order valence-electron chi connectivity index (χ1n) is 6.29. The van der Waals surface area contributed by atoms with E-state index in [4.69, 9.17) is 5.11 Å². The van der Waals surface area contributed by atoms with E-state index in [2.05, 4.69) is 10.3 Å². The van der Waals surface area contributed by atoms with E-state index in [1.54, 1.807) is 18.5 Å². The maximum atomic E-state index is 11.7. The van der Waals surface area contributed by atoms with Crippen LogP contribution in [0.2, 0.25) is 0 Å². The van der Waals surface area contributed by atoms with Gasteiger partial charge in [0.1, 0.15) is 0 Å². The Labute approximate surface area is 107 Å². The number of nitrogens with zero attached hydrogens (tertiary/aromatic N) is 1. The van der Waals surface area contributed by atoms with E-state index in [1.165, 1.54) is 6.08 Å². The summed E-state index contributed by atoms with van der Waals surface area (Å²) in [4.78, 5) is 15.7. The molecule has 1 aromatic heterocycles. The van der Waals surface area contributed by atoms with Gasteiger partial charge in [0, 0.05) is 31.1 Å². The Morgan fingerprint density at radius 1 is 1.61 bits per heavy atom. The number of rotatable bonds is 6. The molecule has 1 heterocycles. The topological polar surface area (TPSA) is 62.2 Å². The molecule has 4 nitrogen and oxygen atoms in total. The van der Waals surface area contributed by atoms with Crippen molar-refractivity contribution in [2.45, 2.75) is 25.3 Å². The van der Waals surface area contributed by atoms with Crippen molar-refractivity contribution in [3.63, 3.8) is 0 Å². The average molecular weight is 246 g/mol. The van der Waals surface area contributed by atoms with Crippen molar-refractivity contribution in [2.24, 2.45) is 5.92 Å². The lowest BCUT2D eigenvalue weighted by molar-refractivity contribution is -0.117. The fraction of sp³-hybridized carbons (Fsp3) is 0.429. The zero-order valence-corrected chi connectivity index (χ0v) is 10.2. The second-order valence-corrected chi connectivity index (χ2v) is 4.58. The lowest BCUT2D eigenvalue weighted by Crippen LogP contribution is -2.36. The Balaban J connectivity index is 1.85. The van der Waals surface area contributed by atoms with Crippen LogP contribution in [0, 0.1) is 5.92 Å². The molecular formula is C14H18N2O2. The molecule has 1 aliphatic carbocycles. The molecule has 18 heavy (non-hydrogen) atoms. The number of carbonyl (C=O) groups is 1. The van der Waals surface area contributed by atoms with Gasteiger partial charge in [-0.15, -0.1) is 0 Å². The Morgan fingerprint density at radius 2 is 2.44 bits per heavy atom. The van der Waals surface area contributed by atoms with Crippen LogP contribution in [0.25, 0.3) is 6.08 Å². The number of pyridine rings is 1. The smallest absolute Gasteiger partial charge is 0.244 e. The zero-order valence-electron chi connectivity index (χ0n) is 10.2. The van der Waals surface area contributed by atoms with E-state index in [-0.39, 0.29) is 18.6 Å². The van der Waals surface area contributed by atoms with Gasteiger partial charge in [-0.1, -0.05) is 6.07 Å². The Bertz CT molecular complexity index is 413. The van der Waals surface area contributed by atoms with Crippen LogP contribution in [0.5, 0.6) is 0 Å². The molecule has 0 aliphatic heterocycles. The molecule has 1 unspecified atom stereocenters. The summed E-state index contributed by atoms with van der Waals surface area (Å²) in [5.41, 5.74) is 0.901. The predicted octanol–water partition coefficient (Wildman–Crippen LogP) is 1.37. The number of carbonyl (C=O) groups excluding carboxylic acids is 1. The van der Waals surface area contributed by atoms with Gasteiger partial charge in [0.2, 0.25) is 5.91 Å². The summed E-state index contributed by atoms with van der Waals surface area (Å²) in [6, 6.07) is 3.83. The number of aromatic nitrogens is 1. The zero-order chi connectivity index (χ0) is 12.8. The van der Waals surface area contributed by atoms with Crippen molar-refractivity contribution in [1.82, 2.24) is 10.3 Å². The van der Waals surface area contributed by atoms with E-state index in [1.807, 2.05) is 12.1 Å². The van der Waals surface area contributed by atoms with E-state index >= 15 is 0 Å². The van der Waals surface area contributed by atoms with Crippen LogP contribution in [0.1, 0.15) is 24.8 Å². The first-order valence-corrected chi connectivity index (χ1v) is 6.29. The number of aliphatic hydroxyl groups excluding tert-OH is 1. The van der Waals surface area contributed by atoms with Crippen LogP contribution in [0.15, 0.2) is 30.6 Å². The summed E-state index contributed by atoms with van der Waals surface area (Å²) < 4.78 is 0. The number of hydrogen-bond donors (Lipinski definition) is 2. The van der Waals surface area contributed by atoms with Crippen LogP contribution < -0.4 is 5.32 Å². The first-order chi connectivity index (χ1) is 8.79. The van der Waals surface area contributed by atoms with Crippen molar-refractivity contribution in [1.29, 1.82) is 0 Å². The highest BCUT2D eigenvalue weighted by atomic mass is 16.3. The molecule has 4 heteroatoms. The molecular weight excluding hydrogens is 228 g/mol. The molecule has 0 radical (unpaired) electrons. The molecule has 1 fully saturated rings. The molecule has 2 rings (SSSR count). The summed E-state index contributed by atoms with van der Waals surface area (Å²) in [5.74, 6) is 0.442. The fourth-order valence-corrected chi connectivity index (χ4v) is 1.94. The van der Waals surface area contributed by atoms with Gasteiger partial charge in [-0.3, -0.25) is 9.78 Å². The normalized spacial score (nSPS) is 16.7. The predicted molar refractivity (Wildman–Crippen MR) is 69.6 cm³/mol. The molecule has 1 saturated carbocycles. The molecule has 1 atom stereocenters. The quantitative estimate of drug-likeness (QED) is 0.745. The third-order valence-corrected chi connectivity index (χ3v) is 3.07. The summed E-state index contributed by atoms with van der Waals surface area (Å²) in [7, 11) is 0. The monoisotopic (exact) mass is 246 g/mol. The van der Waals surface area contributed by atoms with Gasteiger partial charge in [-0.25, -0.2) is 0 Å². The highest BCUT2D eigenvalue weighted by Gasteiger charge is 2.31. The van der Waals surface area contributed by atoms with E-state index in [9.17, 15) is 4.79 Å². The molecule has 1 aliphatic rings. The van der Waals surface area contributed by atoms with Gasteiger partial charge in [0.25, 0.3) is 0 Å². The first kappa shape index (κ1) is 12.8. The van der Waals surface area contributed by atoms with Gasteiger partial charge in [-0.05, 0) is 42.9 Å². The van der Waals surface area contributed by atoms with Crippen molar-refractivity contribution in [2.75, 3.05) is 6.61 Å². The van der Waals surface area contributed by atoms with Crippen molar-refractivity contribution >= 4 is 12.0 Å². The highest BCUT2D eigenvalue weighted by Crippen LogP contribution is 2.33. The molecule has 0 bridgehead atoms.